The predicted octanol–water partition coefficient (Wildman–Crippen LogP) is 1.42. The number of benzene rings is 1. The number of hydrogen-bond acceptors (Lipinski definition) is 7. The molecule has 0 unspecified atom stereocenters. The number of ketones is 1. The molecule has 0 saturated carbocycles. The summed E-state index contributed by atoms with van der Waals surface area (Å²) in [6.07, 6.45) is 1.08. The van der Waals surface area contributed by atoms with Gasteiger partial charge in [0, 0.05) is 18.7 Å². The molecule has 0 aliphatic heterocycles. The van der Waals surface area contributed by atoms with Gasteiger partial charge in [-0.2, -0.15) is 0 Å². The molecule has 0 atom stereocenters. The number of nitrogens with zero attached hydrogens (tertiary/aromatic N) is 2. The maximum absolute atomic E-state index is 12.0. The van der Waals surface area contributed by atoms with Crippen molar-refractivity contribution in [3.8, 4) is 0 Å². The molecule has 0 saturated heterocycles. The Morgan fingerprint density at radius 3 is 2.38 bits per heavy atom. The van der Waals surface area contributed by atoms with Gasteiger partial charge in [0.2, 0.25) is 15.8 Å². The number of carbonyl (C=O) groups is 2. The topological polar surface area (TPSA) is 107 Å². The minimum absolute atomic E-state index is 0.0783. The molecule has 128 valence electrons. The van der Waals surface area contributed by atoms with E-state index in [0.717, 1.165) is 10.6 Å². The third kappa shape index (κ3) is 4.19. The van der Waals surface area contributed by atoms with Crippen molar-refractivity contribution in [2.75, 3.05) is 24.2 Å². The summed E-state index contributed by atoms with van der Waals surface area (Å²) in [4.78, 5) is 23.7. The SMILES string of the molecule is Cc1cc(C(=O)OCC(=O)c2ccc(N(C)S(C)(=O)=O)cc2)on1. The van der Waals surface area contributed by atoms with Gasteiger partial charge in [0.25, 0.3) is 0 Å². The first-order chi connectivity index (χ1) is 11.2. The molecular weight excluding hydrogens is 336 g/mol. The first-order valence-corrected chi connectivity index (χ1v) is 8.71. The maximum atomic E-state index is 12.0. The summed E-state index contributed by atoms with van der Waals surface area (Å²) in [5.41, 5.74) is 1.24. The molecule has 2 aromatic rings. The maximum Gasteiger partial charge on any atom is 0.377 e. The number of rotatable bonds is 6. The molecule has 2 rings (SSSR count). The third-order valence-corrected chi connectivity index (χ3v) is 4.42. The van der Waals surface area contributed by atoms with Crippen LogP contribution in [0.15, 0.2) is 34.9 Å². The fourth-order valence-corrected chi connectivity index (χ4v) is 2.30. The van der Waals surface area contributed by atoms with E-state index in [-0.39, 0.29) is 5.76 Å². The standard InChI is InChI=1S/C15H16N2O6S/c1-10-8-14(23-16-10)15(19)22-9-13(18)11-4-6-12(7-5-11)17(2)24(3,20)21/h4-8H,9H2,1-3H3. The van der Waals surface area contributed by atoms with Crippen LogP contribution < -0.4 is 4.31 Å². The number of ether oxygens (including phenoxy) is 1. The second kappa shape index (κ2) is 6.83. The van der Waals surface area contributed by atoms with E-state index >= 15 is 0 Å². The number of carbonyl (C=O) groups excluding carboxylic acids is 2. The van der Waals surface area contributed by atoms with Crippen molar-refractivity contribution in [3.63, 3.8) is 0 Å². The number of anilines is 1. The molecular formula is C15H16N2O6S. The van der Waals surface area contributed by atoms with Gasteiger partial charge in [-0.15, -0.1) is 0 Å². The highest BCUT2D eigenvalue weighted by Gasteiger charge is 2.17. The van der Waals surface area contributed by atoms with Crippen LogP contribution in [0.3, 0.4) is 0 Å². The van der Waals surface area contributed by atoms with Gasteiger partial charge in [-0.05, 0) is 31.2 Å². The minimum atomic E-state index is -3.38. The Kier molecular flexibility index (Phi) is 5.03. The average molecular weight is 352 g/mol. The van der Waals surface area contributed by atoms with Crippen LogP contribution >= 0.6 is 0 Å². The van der Waals surface area contributed by atoms with E-state index in [9.17, 15) is 18.0 Å². The largest absolute Gasteiger partial charge is 0.451 e. The van der Waals surface area contributed by atoms with Crippen molar-refractivity contribution in [2.45, 2.75) is 6.92 Å². The molecule has 0 fully saturated rings. The van der Waals surface area contributed by atoms with E-state index in [4.69, 9.17) is 9.26 Å². The minimum Gasteiger partial charge on any atom is -0.451 e. The molecule has 0 aliphatic rings. The smallest absolute Gasteiger partial charge is 0.377 e. The van der Waals surface area contributed by atoms with Gasteiger partial charge in [-0.25, -0.2) is 13.2 Å². The van der Waals surface area contributed by atoms with Crippen LogP contribution in [0.4, 0.5) is 5.69 Å². The van der Waals surface area contributed by atoms with Crippen LogP contribution in [0.1, 0.15) is 26.6 Å². The van der Waals surface area contributed by atoms with Gasteiger partial charge in [-0.1, -0.05) is 5.16 Å². The van der Waals surface area contributed by atoms with Crippen molar-refractivity contribution >= 4 is 27.5 Å². The van der Waals surface area contributed by atoms with Gasteiger partial charge < -0.3 is 9.26 Å². The lowest BCUT2D eigenvalue weighted by atomic mass is 10.1. The van der Waals surface area contributed by atoms with Crippen molar-refractivity contribution in [3.05, 3.63) is 47.3 Å². The van der Waals surface area contributed by atoms with E-state index in [2.05, 4.69) is 5.16 Å². The summed E-state index contributed by atoms with van der Waals surface area (Å²) < 4.78 is 33.6. The van der Waals surface area contributed by atoms with Crippen molar-refractivity contribution in [1.29, 1.82) is 0 Å². The van der Waals surface area contributed by atoms with Crippen molar-refractivity contribution in [2.24, 2.45) is 0 Å². The lowest BCUT2D eigenvalue weighted by Crippen LogP contribution is -2.24. The molecule has 9 heteroatoms. The third-order valence-electron chi connectivity index (χ3n) is 3.21. The Hall–Kier alpha value is -2.68. The molecule has 0 radical (unpaired) electrons. The number of esters is 1. The van der Waals surface area contributed by atoms with Crippen LogP contribution in [0.5, 0.6) is 0 Å². The normalized spacial score (nSPS) is 11.1. The zero-order valence-corrected chi connectivity index (χ0v) is 14.2. The van der Waals surface area contributed by atoms with Gasteiger partial charge >= 0.3 is 5.97 Å². The lowest BCUT2D eigenvalue weighted by molar-refractivity contribution is 0.0435. The summed E-state index contributed by atoms with van der Waals surface area (Å²) in [6.45, 7) is 1.19. The molecule has 0 N–H and O–H groups in total. The lowest BCUT2D eigenvalue weighted by Gasteiger charge is -2.16. The summed E-state index contributed by atoms with van der Waals surface area (Å²) >= 11 is 0. The van der Waals surface area contributed by atoms with Gasteiger partial charge in [0.15, 0.2) is 12.4 Å². The molecule has 1 aromatic carbocycles. The molecule has 1 aromatic heterocycles. The Morgan fingerprint density at radius 2 is 1.88 bits per heavy atom. The highest BCUT2D eigenvalue weighted by Crippen LogP contribution is 2.16. The van der Waals surface area contributed by atoms with E-state index < -0.39 is 28.4 Å². The van der Waals surface area contributed by atoms with Crippen molar-refractivity contribution < 1.29 is 27.3 Å². The highest BCUT2D eigenvalue weighted by molar-refractivity contribution is 7.92. The molecule has 1 heterocycles. The zero-order chi connectivity index (χ0) is 17.9. The number of Topliss-reactive ketones (excluding diaryl/α,β-unsaturated/α-hetero) is 1. The first kappa shape index (κ1) is 17.7. The number of aryl methyl sites for hydroxylation is 1. The fraction of sp³-hybridized carbons (Fsp3) is 0.267. The number of aromatic nitrogens is 1. The molecule has 8 nitrogen and oxygen atoms in total. The van der Waals surface area contributed by atoms with Crippen LogP contribution in [-0.2, 0) is 14.8 Å². The Bertz CT molecular complexity index is 854. The monoisotopic (exact) mass is 352 g/mol. The first-order valence-electron chi connectivity index (χ1n) is 6.86. The van der Waals surface area contributed by atoms with Crippen LogP contribution in [0.2, 0.25) is 0 Å². The Labute approximate surface area is 139 Å². The quantitative estimate of drug-likeness (QED) is 0.571. The fourth-order valence-electron chi connectivity index (χ4n) is 1.79. The molecule has 0 bridgehead atoms. The van der Waals surface area contributed by atoms with Gasteiger partial charge in [-0.3, -0.25) is 9.10 Å². The second-order valence-corrected chi connectivity index (χ2v) is 7.12. The number of sulfonamides is 1. The summed E-state index contributed by atoms with van der Waals surface area (Å²) in [7, 11) is -1.97. The van der Waals surface area contributed by atoms with Crippen LogP contribution in [-0.4, -0.2) is 45.2 Å². The van der Waals surface area contributed by atoms with E-state index in [1.165, 1.54) is 37.4 Å². The van der Waals surface area contributed by atoms with E-state index in [0.29, 0.717) is 16.9 Å². The van der Waals surface area contributed by atoms with Gasteiger partial charge in [0.05, 0.1) is 17.6 Å². The molecule has 0 spiro atoms. The summed E-state index contributed by atoms with van der Waals surface area (Å²) in [5.74, 6) is -1.28. The van der Waals surface area contributed by atoms with E-state index in [1.54, 1.807) is 6.92 Å². The van der Waals surface area contributed by atoms with Crippen molar-refractivity contribution in [1.82, 2.24) is 5.16 Å². The summed E-state index contributed by atoms with van der Waals surface area (Å²) in [5, 5.41) is 3.55. The number of hydrogen-bond donors (Lipinski definition) is 0. The van der Waals surface area contributed by atoms with Gasteiger partial charge in [0.1, 0.15) is 0 Å². The molecule has 24 heavy (non-hydrogen) atoms. The Balaban J connectivity index is 1.99. The average Bonchev–Trinajstić information content (AvgIpc) is 2.97. The highest BCUT2D eigenvalue weighted by atomic mass is 32.2. The Morgan fingerprint density at radius 1 is 1.25 bits per heavy atom. The molecule has 0 aliphatic carbocycles. The molecule has 0 amide bonds. The predicted molar refractivity (Wildman–Crippen MR) is 85.5 cm³/mol. The zero-order valence-electron chi connectivity index (χ0n) is 13.3. The van der Waals surface area contributed by atoms with Crippen LogP contribution in [0.25, 0.3) is 0 Å². The second-order valence-electron chi connectivity index (χ2n) is 5.11. The summed E-state index contributed by atoms with van der Waals surface area (Å²) in [6, 6.07) is 7.33. The van der Waals surface area contributed by atoms with Crippen LogP contribution in [0, 0.1) is 6.92 Å². The van der Waals surface area contributed by atoms with E-state index in [1.807, 2.05) is 0 Å².